The predicted octanol–water partition coefficient (Wildman–Crippen LogP) is 1.19. The summed E-state index contributed by atoms with van der Waals surface area (Å²) in [5.74, 6) is 0. The van der Waals surface area contributed by atoms with Crippen LogP contribution >= 0.6 is 0 Å². The lowest BCUT2D eigenvalue weighted by Crippen LogP contribution is -2.30. The van der Waals surface area contributed by atoms with Crippen molar-refractivity contribution in [3.8, 4) is 0 Å². The van der Waals surface area contributed by atoms with Crippen LogP contribution in [-0.2, 0) is 10.1 Å². The van der Waals surface area contributed by atoms with E-state index in [4.69, 9.17) is 4.55 Å². The van der Waals surface area contributed by atoms with Gasteiger partial charge >= 0.3 is 0 Å². The Balaban J connectivity index is 2.14. The first-order chi connectivity index (χ1) is 6.50. The van der Waals surface area contributed by atoms with Gasteiger partial charge in [-0.05, 0) is 32.7 Å². The molecule has 0 heterocycles. The van der Waals surface area contributed by atoms with E-state index in [0.29, 0.717) is 19.0 Å². The van der Waals surface area contributed by atoms with Gasteiger partial charge in [0, 0.05) is 6.04 Å². The molecule has 1 aliphatic rings. The second-order valence-corrected chi connectivity index (χ2v) is 5.88. The van der Waals surface area contributed by atoms with Crippen molar-refractivity contribution in [2.45, 2.75) is 50.3 Å². The van der Waals surface area contributed by atoms with Crippen molar-refractivity contribution >= 4 is 10.1 Å². The van der Waals surface area contributed by atoms with E-state index in [1.165, 1.54) is 32.6 Å². The number of hydrogen-bond donors (Lipinski definition) is 2. The van der Waals surface area contributed by atoms with Crippen LogP contribution in [0.3, 0.4) is 0 Å². The average molecular weight is 221 g/mol. The summed E-state index contributed by atoms with van der Waals surface area (Å²) in [6.07, 6.45) is 5.41. The normalized spacial score (nSPS) is 21.3. The van der Waals surface area contributed by atoms with Gasteiger partial charge in [-0.15, -0.1) is 0 Å². The Morgan fingerprint density at radius 2 is 2.00 bits per heavy atom. The molecule has 1 fully saturated rings. The molecule has 2 N–H and O–H groups in total. The van der Waals surface area contributed by atoms with Gasteiger partial charge in [0.15, 0.2) is 0 Å². The van der Waals surface area contributed by atoms with Crippen LogP contribution in [0.25, 0.3) is 0 Å². The Morgan fingerprint density at radius 1 is 1.43 bits per heavy atom. The molecule has 14 heavy (non-hydrogen) atoms. The van der Waals surface area contributed by atoms with Gasteiger partial charge in [0.25, 0.3) is 10.1 Å². The van der Waals surface area contributed by atoms with Gasteiger partial charge in [-0.3, -0.25) is 4.55 Å². The molecular weight excluding hydrogens is 202 g/mol. The minimum atomic E-state index is -3.84. The molecule has 0 radical (unpaired) electrons. The molecule has 1 aliphatic carbocycles. The lowest BCUT2D eigenvalue weighted by Gasteiger charge is -2.13. The van der Waals surface area contributed by atoms with E-state index in [-0.39, 0.29) is 0 Å². The highest BCUT2D eigenvalue weighted by Gasteiger charge is 2.18. The Bertz CT molecular complexity index is 257. The van der Waals surface area contributed by atoms with Crippen LogP contribution < -0.4 is 5.32 Å². The quantitative estimate of drug-likeness (QED) is 0.684. The van der Waals surface area contributed by atoms with Crippen LogP contribution in [0.2, 0.25) is 0 Å². The molecule has 0 aromatic rings. The molecule has 0 amide bonds. The van der Waals surface area contributed by atoms with E-state index >= 15 is 0 Å². The van der Waals surface area contributed by atoms with Crippen molar-refractivity contribution in [3.05, 3.63) is 0 Å². The van der Waals surface area contributed by atoms with Crippen LogP contribution in [-0.4, -0.2) is 30.8 Å². The van der Waals surface area contributed by atoms with Crippen molar-refractivity contribution in [1.82, 2.24) is 5.32 Å². The molecule has 0 aliphatic heterocycles. The number of nitrogens with one attached hydrogen (secondary N) is 1. The standard InChI is InChI=1S/C9H19NO3S/c1-8(14(11,12)13)6-7-10-9-4-2-3-5-9/h8-10H,2-7H2,1H3,(H,11,12,13). The molecule has 5 heteroatoms. The molecule has 0 saturated heterocycles. The molecule has 1 saturated carbocycles. The van der Waals surface area contributed by atoms with Crippen molar-refractivity contribution in [1.29, 1.82) is 0 Å². The third-order valence-electron chi connectivity index (χ3n) is 2.85. The third kappa shape index (κ3) is 3.94. The van der Waals surface area contributed by atoms with Crippen LogP contribution in [0, 0.1) is 0 Å². The molecule has 84 valence electrons. The summed E-state index contributed by atoms with van der Waals surface area (Å²) in [7, 11) is -3.84. The van der Waals surface area contributed by atoms with Crippen LogP contribution in [0.15, 0.2) is 0 Å². The van der Waals surface area contributed by atoms with Gasteiger partial charge in [0.05, 0.1) is 5.25 Å². The second kappa shape index (κ2) is 5.09. The molecule has 0 aromatic carbocycles. The van der Waals surface area contributed by atoms with Crippen molar-refractivity contribution in [2.24, 2.45) is 0 Å². The van der Waals surface area contributed by atoms with Crippen LogP contribution in [0.1, 0.15) is 39.0 Å². The van der Waals surface area contributed by atoms with E-state index in [9.17, 15) is 8.42 Å². The van der Waals surface area contributed by atoms with Gasteiger partial charge in [-0.1, -0.05) is 12.8 Å². The molecule has 0 aromatic heterocycles. The van der Waals surface area contributed by atoms with E-state index in [1.807, 2.05) is 0 Å². The second-order valence-electron chi connectivity index (χ2n) is 4.05. The topological polar surface area (TPSA) is 66.4 Å². The third-order valence-corrected chi connectivity index (χ3v) is 4.10. The minimum Gasteiger partial charge on any atom is -0.314 e. The zero-order chi connectivity index (χ0) is 10.6. The Labute approximate surface area is 85.8 Å². The maximum absolute atomic E-state index is 10.7. The Hall–Kier alpha value is -0.130. The van der Waals surface area contributed by atoms with Crippen LogP contribution in [0.5, 0.6) is 0 Å². The van der Waals surface area contributed by atoms with E-state index in [2.05, 4.69) is 5.32 Å². The smallest absolute Gasteiger partial charge is 0.267 e. The van der Waals surface area contributed by atoms with Gasteiger partial charge in [-0.25, -0.2) is 0 Å². The van der Waals surface area contributed by atoms with Gasteiger partial charge in [0.1, 0.15) is 0 Å². The Kier molecular flexibility index (Phi) is 4.34. The van der Waals surface area contributed by atoms with Gasteiger partial charge < -0.3 is 5.32 Å². The van der Waals surface area contributed by atoms with Crippen molar-refractivity contribution < 1.29 is 13.0 Å². The molecule has 1 rings (SSSR count). The Morgan fingerprint density at radius 3 is 2.50 bits per heavy atom. The van der Waals surface area contributed by atoms with Crippen molar-refractivity contribution in [2.75, 3.05) is 6.54 Å². The molecule has 0 spiro atoms. The summed E-state index contributed by atoms with van der Waals surface area (Å²) >= 11 is 0. The SMILES string of the molecule is CC(CCNC1CCCC1)S(=O)(=O)O. The molecule has 0 bridgehead atoms. The molecule has 1 unspecified atom stereocenters. The number of hydrogen-bond acceptors (Lipinski definition) is 3. The van der Waals surface area contributed by atoms with E-state index in [0.717, 1.165) is 0 Å². The first kappa shape index (κ1) is 11.9. The first-order valence-electron chi connectivity index (χ1n) is 5.20. The summed E-state index contributed by atoms with van der Waals surface area (Å²) in [5.41, 5.74) is 0. The minimum absolute atomic E-state index is 0.481. The first-order valence-corrected chi connectivity index (χ1v) is 6.70. The van der Waals surface area contributed by atoms with Crippen LogP contribution in [0.4, 0.5) is 0 Å². The predicted molar refractivity (Wildman–Crippen MR) is 55.9 cm³/mol. The highest BCUT2D eigenvalue weighted by atomic mass is 32.2. The van der Waals surface area contributed by atoms with Gasteiger partial charge in [-0.2, -0.15) is 8.42 Å². The summed E-state index contributed by atoms with van der Waals surface area (Å²) < 4.78 is 30.1. The highest BCUT2D eigenvalue weighted by Crippen LogP contribution is 2.17. The fraction of sp³-hybridized carbons (Fsp3) is 1.00. The summed E-state index contributed by atoms with van der Waals surface area (Å²) in [4.78, 5) is 0. The maximum Gasteiger partial charge on any atom is 0.267 e. The van der Waals surface area contributed by atoms with E-state index in [1.54, 1.807) is 0 Å². The van der Waals surface area contributed by atoms with Crippen molar-refractivity contribution in [3.63, 3.8) is 0 Å². The monoisotopic (exact) mass is 221 g/mol. The molecule has 1 atom stereocenters. The summed E-state index contributed by atoms with van der Waals surface area (Å²) in [6, 6.07) is 0.559. The summed E-state index contributed by atoms with van der Waals surface area (Å²) in [6.45, 7) is 2.21. The highest BCUT2D eigenvalue weighted by molar-refractivity contribution is 7.86. The fourth-order valence-electron chi connectivity index (χ4n) is 1.77. The maximum atomic E-state index is 10.7. The molecular formula is C9H19NO3S. The zero-order valence-electron chi connectivity index (χ0n) is 8.57. The zero-order valence-corrected chi connectivity index (χ0v) is 9.39. The molecule has 4 nitrogen and oxygen atoms in total. The van der Waals surface area contributed by atoms with Gasteiger partial charge in [0.2, 0.25) is 0 Å². The largest absolute Gasteiger partial charge is 0.314 e. The summed E-state index contributed by atoms with van der Waals surface area (Å²) in [5, 5.41) is 2.65. The lowest BCUT2D eigenvalue weighted by molar-refractivity contribution is 0.456. The van der Waals surface area contributed by atoms with E-state index < -0.39 is 15.4 Å². The average Bonchev–Trinajstić information content (AvgIpc) is 2.55. The lowest BCUT2D eigenvalue weighted by atomic mass is 10.2. The fourth-order valence-corrected chi connectivity index (χ4v) is 2.19. The number of rotatable bonds is 5.